The molecule has 0 heterocycles. The Hall–Kier alpha value is -3.37. The first-order valence-corrected chi connectivity index (χ1v) is 8.78. The standard InChI is InChI=1S/C18H24N2O9/c1-12(2)8-13(9-16(21)22)10-19(18(24)27-3)29-17(23)15-7-5-4-6-14(15)11-28-20(25)26/h4-7,12-13H,8-11H2,1-3H3,(H,21,22)/t13-/m0/s1. The van der Waals surface area contributed by atoms with Crippen molar-refractivity contribution in [1.29, 1.82) is 0 Å². The largest absolute Gasteiger partial charge is 0.481 e. The summed E-state index contributed by atoms with van der Waals surface area (Å²) in [7, 11) is 1.09. The van der Waals surface area contributed by atoms with Gasteiger partial charge in [-0.2, -0.15) is 0 Å². The summed E-state index contributed by atoms with van der Waals surface area (Å²) in [4.78, 5) is 55.5. The Kier molecular flexibility index (Phi) is 9.36. The van der Waals surface area contributed by atoms with Crippen LogP contribution in [-0.4, -0.2) is 46.9 Å². The molecule has 0 unspecified atom stereocenters. The van der Waals surface area contributed by atoms with E-state index in [1.54, 1.807) is 6.07 Å². The summed E-state index contributed by atoms with van der Waals surface area (Å²) in [6.07, 6.45) is -0.724. The number of rotatable bonds is 10. The molecule has 0 aliphatic heterocycles. The maximum atomic E-state index is 12.6. The van der Waals surface area contributed by atoms with E-state index in [2.05, 4.69) is 9.57 Å². The van der Waals surface area contributed by atoms with Crippen molar-refractivity contribution < 1.29 is 39.0 Å². The predicted octanol–water partition coefficient (Wildman–Crippen LogP) is 2.67. The van der Waals surface area contributed by atoms with E-state index in [4.69, 9.17) is 9.94 Å². The summed E-state index contributed by atoms with van der Waals surface area (Å²) in [6.45, 7) is 3.13. The maximum Gasteiger partial charge on any atom is 0.443 e. The molecule has 1 N–H and O–H groups in total. The molecule has 0 aliphatic carbocycles. The Morgan fingerprint density at radius 1 is 1.24 bits per heavy atom. The van der Waals surface area contributed by atoms with Gasteiger partial charge in [0, 0.05) is 6.42 Å². The third kappa shape index (κ3) is 8.45. The molecule has 0 saturated carbocycles. The van der Waals surface area contributed by atoms with Gasteiger partial charge in [0.2, 0.25) is 0 Å². The fourth-order valence-electron chi connectivity index (χ4n) is 2.74. The van der Waals surface area contributed by atoms with Gasteiger partial charge in [0.1, 0.15) is 6.61 Å². The molecular formula is C18H24N2O9. The van der Waals surface area contributed by atoms with Gasteiger partial charge in [-0.15, -0.1) is 15.2 Å². The fourth-order valence-corrected chi connectivity index (χ4v) is 2.74. The Labute approximate surface area is 167 Å². The molecule has 0 radical (unpaired) electrons. The second kappa shape index (κ2) is 11.5. The number of ether oxygens (including phenoxy) is 1. The second-order valence-electron chi connectivity index (χ2n) is 6.66. The van der Waals surface area contributed by atoms with Crippen molar-refractivity contribution in [2.75, 3.05) is 13.7 Å². The van der Waals surface area contributed by atoms with E-state index in [0.29, 0.717) is 11.5 Å². The SMILES string of the molecule is COC(=O)N(C[C@H](CC(=O)O)CC(C)C)OC(=O)c1ccccc1CO[N+](=O)[O-]. The minimum Gasteiger partial charge on any atom is -0.481 e. The van der Waals surface area contributed by atoms with Crippen LogP contribution in [0.2, 0.25) is 0 Å². The molecule has 29 heavy (non-hydrogen) atoms. The van der Waals surface area contributed by atoms with Gasteiger partial charge in [-0.3, -0.25) is 4.79 Å². The molecule has 1 amide bonds. The minimum atomic E-state index is -1.05. The molecule has 0 saturated heterocycles. The van der Waals surface area contributed by atoms with Gasteiger partial charge in [-0.05, 0) is 29.9 Å². The number of carbonyl (C=O) groups excluding carboxylic acids is 2. The van der Waals surface area contributed by atoms with Crippen molar-refractivity contribution in [3.8, 4) is 0 Å². The molecule has 11 heteroatoms. The molecular weight excluding hydrogens is 388 g/mol. The van der Waals surface area contributed by atoms with Crippen molar-refractivity contribution in [1.82, 2.24) is 5.06 Å². The summed E-state index contributed by atoms with van der Waals surface area (Å²) in [5.74, 6) is -2.34. The van der Waals surface area contributed by atoms with Crippen LogP contribution in [0.4, 0.5) is 4.79 Å². The average molecular weight is 412 g/mol. The summed E-state index contributed by atoms with van der Waals surface area (Å²) in [5, 5.41) is 19.2. The van der Waals surface area contributed by atoms with Crippen LogP contribution in [0.15, 0.2) is 24.3 Å². The number of benzene rings is 1. The second-order valence-corrected chi connectivity index (χ2v) is 6.66. The van der Waals surface area contributed by atoms with Crippen molar-refractivity contribution in [2.45, 2.75) is 33.3 Å². The number of hydroxylamine groups is 2. The van der Waals surface area contributed by atoms with Crippen molar-refractivity contribution in [3.63, 3.8) is 0 Å². The maximum absolute atomic E-state index is 12.6. The normalized spacial score (nSPS) is 11.4. The monoisotopic (exact) mass is 412 g/mol. The lowest BCUT2D eigenvalue weighted by Gasteiger charge is -2.25. The van der Waals surface area contributed by atoms with Crippen molar-refractivity contribution in [2.24, 2.45) is 11.8 Å². The van der Waals surface area contributed by atoms with Crippen LogP contribution in [0.5, 0.6) is 0 Å². The van der Waals surface area contributed by atoms with Crippen LogP contribution in [0.3, 0.4) is 0 Å². The van der Waals surface area contributed by atoms with E-state index in [1.165, 1.54) is 18.2 Å². The number of hydrogen-bond acceptors (Lipinski definition) is 8. The number of nitrogens with zero attached hydrogens (tertiary/aromatic N) is 2. The van der Waals surface area contributed by atoms with Crippen LogP contribution in [0.1, 0.15) is 42.6 Å². The van der Waals surface area contributed by atoms with Crippen LogP contribution in [0, 0.1) is 22.0 Å². The van der Waals surface area contributed by atoms with Crippen LogP contribution in [0.25, 0.3) is 0 Å². The summed E-state index contributed by atoms with van der Waals surface area (Å²) >= 11 is 0. The van der Waals surface area contributed by atoms with E-state index in [-0.39, 0.29) is 30.0 Å². The summed E-state index contributed by atoms with van der Waals surface area (Å²) in [6, 6.07) is 5.87. The van der Waals surface area contributed by atoms with E-state index in [9.17, 15) is 24.5 Å². The summed E-state index contributed by atoms with van der Waals surface area (Å²) < 4.78 is 4.62. The predicted molar refractivity (Wildman–Crippen MR) is 97.9 cm³/mol. The van der Waals surface area contributed by atoms with E-state index >= 15 is 0 Å². The average Bonchev–Trinajstić information content (AvgIpc) is 2.64. The minimum absolute atomic E-state index is 0.0399. The number of methoxy groups -OCH3 is 1. The smallest absolute Gasteiger partial charge is 0.443 e. The lowest BCUT2D eigenvalue weighted by atomic mass is 9.94. The Bertz CT molecular complexity index is 736. The van der Waals surface area contributed by atoms with Crippen LogP contribution >= 0.6 is 0 Å². The number of carboxylic acids is 1. The molecule has 0 aliphatic rings. The number of amides is 1. The van der Waals surface area contributed by atoms with Crippen LogP contribution in [-0.2, 0) is 25.8 Å². The molecule has 1 aromatic carbocycles. The van der Waals surface area contributed by atoms with Crippen molar-refractivity contribution in [3.05, 3.63) is 45.5 Å². The number of hydrogen-bond donors (Lipinski definition) is 1. The topological polar surface area (TPSA) is 146 Å². The highest BCUT2D eigenvalue weighted by Gasteiger charge is 2.27. The third-order valence-electron chi connectivity index (χ3n) is 3.83. The first-order valence-electron chi connectivity index (χ1n) is 8.78. The molecule has 160 valence electrons. The first kappa shape index (κ1) is 23.7. The van der Waals surface area contributed by atoms with Gasteiger partial charge in [0.25, 0.3) is 5.09 Å². The number of carbonyl (C=O) groups is 3. The number of carboxylic acid groups (broad SMARTS) is 1. The first-order chi connectivity index (χ1) is 13.6. The van der Waals surface area contributed by atoms with Gasteiger partial charge in [0.15, 0.2) is 0 Å². The highest BCUT2D eigenvalue weighted by atomic mass is 16.9. The van der Waals surface area contributed by atoms with Crippen LogP contribution < -0.4 is 0 Å². The molecule has 0 spiro atoms. The van der Waals surface area contributed by atoms with Crippen molar-refractivity contribution >= 4 is 18.0 Å². The lowest BCUT2D eigenvalue weighted by Crippen LogP contribution is -2.38. The zero-order valence-corrected chi connectivity index (χ0v) is 16.4. The Morgan fingerprint density at radius 3 is 2.45 bits per heavy atom. The lowest BCUT2D eigenvalue weighted by molar-refractivity contribution is -0.763. The highest BCUT2D eigenvalue weighted by Crippen LogP contribution is 2.19. The van der Waals surface area contributed by atoms with Gasteiger partial charge >= 0.3 is 18.0 Å². The highest BCUT2D eigenvalue weighted by molar-refractivity contribution is 5.91. The quantitative estimate of drug-likeness (QED) is 0.452. The Balaban J connectivity index is 3.00. The van der Waals surface area contributed by atoms with Gasteiger partial charge in [0.05, 0.1) is 19.2 Å². The molecule has 0 bridgehead atoms. The molecule has 0 fully saturated rings. The van der Waals surface area contributed by atoms with E-state index < -0.39 is 35.6 Å². The molecule has 1 aromatic rings. The Morgan fingerprint density at radius 2 is 1.90 bits per heavy atom. The van der Waals surface area contributed by atoms with E-state index in [0.717, 1.165) is 7.11 Å². The van der Waals surface area contributed by atoms with Gasteiger partial charge in [-0.1, -0.05) is 32.0 Å². The summed E-state index contributed by atoms with van der Waals surface area (Å²) in [5.41, 5.74) is 0.144. The molecule has 0 aromatic heterocycles. The van der Waals surface area contributed by atoms with Gasteiger partial charge < -0.3 is 19.5 Å². The zero-order valence-electron chi connectivity index (χ0n) is 16.4. The molecule has 1 rings (SSSR count). The number of aliphatic carboxylic acids is 1. The third-order valence-corrected chi connectivity index (χ3v) is 3.83. The zero-order chi connectivity index (χ0) is 22.0. The van der Waals surface area contributed by atoms with Gasteiger partial charge in [-0.25, -0.2) is 9.59 Å². The van der Waals surface area contributed by atoms with E-state index in [1.807, 2.05) is 13.8 Å². The molecule has 1 atom stereocenters. The molecule has 11 nitrogen and oxygen atoms in total. The fraction of sp³-hybridized carbons (Fsp3) is 0.500.